The maximum Gasteiger partial charge on any atom is 0.244 e. The summed E-state index contributed by atoms with van der Waals surface area (Å²) in [4.78, 5) is 6.31. The molecule has 4 rings (SSSR count). The number of aliphatic hydroxyl groups excluding tert-OH is 1. The highest BCUT2D eigenvalue weighted by Crippen LogP contribution is 2.37. The van der Waals surface area contributed by atoms with E-state index in [9.17, 15) is 21.9 Å². The van der Waals surface area contributed by atoms with Crippen molar-refractivity contribution in [2.75, 3.05) is 58.9 Å². The third kappa shape index (κ3) is 7.06. The van der Waals surface area contributed by atoms with Crippen molar-refractivity contribution in [3.63, 3.8) is 0 Å². The third-order valence-electron chi connectivity index (χ3n) is 7.13. The van der Waals surface area contributed by atoms with Gasteiger partial charge >= 0.3 is 0 Å². The Hall–Kier alpha value is -2.33. The number of aromatic nitrogens is 1. The predicted molar refractivity (Wildman–Crippen MR) is 146 cm³/mol. The summed E-state index contributed by atoms with van der Waals surface area (Å²) in [5.41, 5.74) is -0.391. The van der Waals surface area contributed by atoms with Gasteiger partial charge in [-0.15, -0.1) is 0 Å². The van der Waals surface area contributed by atoms with Crippen molar-refractivity contribution in [3.8, 4) is 5.75 Å². The lowest BCUT2D eigenvalue weighted by Crippen LogP contribution is -2.47. The molecule has 1 unspecified atom stereocenters. The molecule has 0 saturated carbocycles. The molecule has 2 aliphatic rings. The zero-order valence-corrected chi connectivity index (χ0v) is 24.0. The van der Waals surface area contributed by atoms with Gasteiger partial charge < -0.3 is 24.8 Å². The van der Waals surface area contributed by atoms with Gasteiger partial charge in [-0.25, -0.2) is 26.5 Å². The number of anilines is 1. The molecule has 2 atom stereocenters. The molecule has 2 fully saturated rings. The number of pyridine rings is 1. The highest BCUT2D eigenvalue weighted by molar-refractivity contribution is 7.89. The molecule has 3 N–H and O–H groups in total. The minimum atomic E-state index is -3.63. The van der Waals surface area contributed by atoms with Crippen LogP contribution in [0.15, 0.2) is 52.4 Å². The van der Waals surface area contributed by atoms with Crippen molar-refractivity contribution >= 4 is 25.9 Å². The van der Waals surface area contributed by atoms with Gasteiger partial charge in [-0.3, -0.25) is 0 Å². The van der Waals surface area contributed by atoms with Crippen LogP contribution in [0.2, 0.25) is 0 Å². The maximum absolute atomic E-state index is 13.1. The van der Waals surface area contributed by atoms with Crippen LogP contribution in [0.4, 0.5) is 5.82 Å². The predicted octanol–water partition coefficient (Wildman–Crippen LogP) is 0.397. The summed E-state index contributed by atoms with van der Waals surface area (Å²) >= 11 is 0. The molecule has 1 aromatic heterocycles. The van der Waals surface area contributed by atoms with Gasteiger partial charge in [0.25, 0.3) is 0 Å². The molecule has 0 bridgehead atoms. The zero-order valence-electron chi connectivity index (χ0n) is 22.4. The van der Waals surface area contributed by atoms with E-state index in [4.69, 9.17) is 9.47 Å². The summed E-state index contributed by atoms with van der Waals surface area (Å²) in [5.74, 6) is 1.04. The molecule has 3 heterocycles. The van der Waals surface area contributed by atoms with Gasteiger partial charge in [0.05, 0.1) is 17.1 Å². The van der Waals surface area contributed by atoms with E-state index in [1.165, 1.54) is 29.7 Å². The molecule has 0 radical (unpaired) electrons. The lowest BCUT2D eigenvalue weighted by molar-refractivity contribution is -0.0312. The average Bonchev–Trinajstić information content (AvgIpc) is 3.33. The number of aliphatic hydroxyl groups is 1. The van der Waals surface area contributed by atoms with Crippen molar-refractivity contribution in [1.82, 2.24) is 19.3 Å². The fraction of sp³-hybridized carbons (Fsp3) is 0.560. The molecular formula is C25H37N5O7S2. The van der Waals surface area contributed by atoms with Gasteiger partial charge in [0.1, 0.15) is 29.2 Å². The topological polar surface area (TPSA) is 150 Å². The fourth-order valence-corrected chi connectivity index (χ4v) is 6.95. The molecule has 14 heteroatoms. The van der Waals surface area contributed by atoms with Crippen LogP contribution in [0.5, 0.6) is 5.75 Å². The largest absolute Gasteiger partial charge is 0.491 e. The smallest absolute Gasteiger partial charge is 0.244 e. The third-order valence-corrected chi connectivity index (χ3v) is 10.4. The number of nitrogens with zero attached hydrogens (tertiary/aromatic N) is 3. The lowest BCUT2D eigenvalue weighted by Gasteiger charge is -2.38. The van der Waals surface area contributed by atoms with Crippen molar-refractivity contribution in [1.29, 1.82) is 0 Å². The summed E-state index contributed by atoms with van der Waals surface area (Å²) in [6, 6.07) is 9.38. The first-order valence-electron chi connectivity index (χ1n) is 12.8. The summed E-state index contributed by atoms with van der Waals surface area (Å²) in [6.07, 6.45) is 2.48. The van der Waals surface area contributed by atoms with E-state index in [1.54, 1.807) is 24.3 Å². The summed E-state index contributed by atoms with van der Waals surface area (Å²) in [5, 5.41) is 13.7. The zero-order chi connectivity index (χ0) is 28.3. The molecule has 0 amide bonds. The van der Waals surface area contributed by atoms with Crippen molar-refractivity contribution in [2.45, 2.75) is 46.8 Å². The Bertz CT molecular complexity index is 1330. The molecule has 12 nitrogen and oxygen atoms in total. The molecule has 1 spiro atoms. The van der Waals surface area contributed by atoms with E-state index < -0.39 is 31.8 Å². The molecule has 2 aliphatic heterocycles. The van der Waals surface area contributed by atoms with Gasteiger partial charge in [-0.1, -0.05) is 6.07 Å². The first-order chi connectivity index (χ1) is 18.4. The monoisotopic (exact) mass is 583 g/mol. The summed E-state index contributed by atoms with van der Waals surface area (Å²) < 4.78 is 65.6. The van der Waals surface area contributed by atoms with E-state index in [0.717, 1.165) is 6.42 Å². The maximum atomic E-state index is 13.1. The summed E-state index contributed by atoms with van der Waals surface area (Å²) in [6.45, 7) is 1.47. The first-order valence-corrected chi connectivity index (χ1v) is 15.7. The number of rotatable bonds is 11. The van der Waals surface area contributed by atoms with Crippen LogP contribution in [0.1, 0.15) is 19.3 Å². The molecular weight excluding hydrogens is 546 g/mol. The van der Waals surface area contributed by atoms with E-state index in [-0.39, 0.29) is 29.0 Å². The average molecular weight is 584 g/mol. The molecule has 2 aromatic rings. The number of sulfonamides is 2. The Labute approximate surface area is 230 Å². The molecule has 216 valence electrons. The molecule has 1 aromatic carbocycles. The van der Waals surface area contributed by atoms with Crippen molar-refractivity contribution < 1.29 is 31.4 Å². The number of ether oxygens (including phenoxy) is 2. The Balaban J connectivity index is 1.23. The highest BCUT2D eigenvalue weighted by Gasteiger charge is 2.44. The van der Waals surface area contributed by atoms with Crippen molar-refractivity contribution in [3.05, 3.63) is 42.6 Å². The van der Waals surface area contributed by atoms with Crippen LogP contribution in [0.3, 0.4) is 0 Å². The Kier molecular flexibility index (Phi) is 9.15. The number of nitrogens with one attached hydrogen (secondary N) is 2. The second-order valence-electron chi connectivity index (χ2n) is 10.1. The van der Waals surface area contributed by atoms with Gasteiger partial charge in [0.2, 0.25) is 20.0 Å². The number of benzene rings is 1. The van der Waals surface area contributed by atoms with Crippen LogP contribution >= 0.6 is 0 Å². The van der Waals surface area contributed by atoms with Crippen LogP contribution in [0.25, 0.3) is 0 Å². The first kappa shape index (κ1) is 29.6. The van der Waals surface area contributed by atoms with Gasteiger partial charge in [0.15, 0.2) is 0 Å². The molecule has 39 heavy (non-hydrogen) atoms. The van der Waals surface area contributed by atoms with Crippen LogP contribution in [0, 0.1) is 0 Å². The minimum Gasteiger partial charge on any atom is -0.491 e. The van der Waals surface area contributed by atoms with E-state index in [0.29, 0.717) is 44.1 Å². The van der Waals surface area contributed by atoms with Crippen LogP contribution < -0.4 is 19.7 Å². The van der Waals surface area contributed by atoms with Gasteiger partial charge in [-0.05, 0) is 50.6 Å². The lowest BCUT2D eigenvalue weighted by atomic mass is 9.88. The van der Waals surface area contributed by atoms with Crippen LogP contribution in [-0.2, 0) is 24.8 Å². The standard InChI is InChI=1S/C25H37N5O7S2/c1-26-38(32,33)22-6-4-5-21(13-22)36-18-20(31)15-27-19-14-25(37-17-19)9-11-30(12-10-25)39(34,35)23-7-8-24(28-16-23)29(2)3/h4-8,13,16,19-20,26-27,31H,9-12,14-15,17-18H2,1-3H3/t19?,20-/m0/s1. The minimum absolute atomic E-state index is 0.00796. The van der Waals surface area contributed by atoms with E-state index in [2.05, 4.69) is 15.0 Å². The Morgan fingerprint density at radius 1 is 1.18 bits per heavy atom. The van der Waals surface area contributed by atoms with Gasteiger partial charge in [-0.2, -0.15) is 4.31 Å². The second kappa shape index (κ2) is 12.0. The Morgan fingerprint density at radius 2 is 1.92 bits per heavy atom. The quantitative estimate of drug-likeness (QED) is 0.339. The number of hydrogen-bond donors (Lipinski definition) is 3. The number of hydrogen-bond acceptors (Lipinski definition) is 10. The molecule has 0 aliphatic carbocycles. The fourth-order valence-electron chi connectivity index (χ4n) is 4.80. The normalized spacial score (nSPS) is 20.7. The van der Waals surface area contributed by atoms with Crippen LogP contribution in [-0.4, -0.2) is 103 Å². The summed E-state index contributed by atoms with van der Waals surface area (Å²) in [7, 11) is -2.18. The number of piperidine rings is 1. The Morgan fingerprint density at radius 3 is 2.56 bits per heavy atom. The SMILES string of the molecule is CNS(=O)(=O)c1cccc(OC[C@@H](O)CNC2COC3(CCN(S(=O)(=O)c4ccc(N(C)C)nc4)CC3)C2)c1. The van der Waals surface area contributed by atoms with E-state index in [1.807, 2.05) is 19.0 Å². The highest BCUT2D eigenvalue weighted by atomic mass is 32.2. The van der Waals surface area contributed by atoms with E-state index >= 15 is 0 Å². The van der Waals surface area contributed by atoms with Gasteiger partial charge in [0, 0.05) is 52.0 Å². The molecule has 2 saturated heterocycles. The van der Waals surface area contributed by atoms with Crippen molar-refractivity contribution in [2.24, 2.45) is 0 Å². The second-order valence-corrected chi connectivity index (χ2v) is 13.9.